The first-order valence-electron chi connectivity index (χ1n) is 5.97. The molecule has 0 spiro atoms. The Balaban J connectivity index is 2.02. The van der Waals surface area contributed by atoms with Crippen LogP contribution in [0.4, 0.5) is 5.82 Å². The Morgan fingerprint density at radius 1 is 1.05 bits per heavy atom. The molecule has 94 valence electrons. The third kappa shape index (κ3) is 2.18. The Bertz CT molecular complexity index is 675. The summed E-state index contributed by atoms with van der Waals surface area (Å²) in [6, 6.07) is 9.96. The van der Waals surface area contributed by atoms with E-state index >= 15 is 0 Å². The zero-order valence-corrected chi connectivity index (χ0v) is 10.5. The van der Waals surface area contributed by atoms with Crippen LogP contribution in [0, 0.1) is 0 Å². The summed E-state index contributed by atoms with van der Waals surface area (Å²) in [6.45, 7) is 0. The smallest absolute Gasteiger partial charge is 0.152 e. The summed E-state index contributed by atoms with van der Waals surface area (Å²) in [7, 11) is 1.83. The molecule has 0 aliphatic carbocycles. The van der Waals surface area contributed by atoms with Crippen LogP contribution in [0.3, 0.4) is 0 Å². The summed E-state index contributed by atoms with van der Waals surface area (Å²) in [5, 5.41) is 7.39. The van der Waals surface area contributed by atoms with Crippen molar-refractivity contribution in [3.8, 4) is 16.9 Å². The second-order valence-electron chi connectivity index (χ2n) is 4.01. The minimum absolute atomic E-state index is 0.745. The highest BCUT2D eigenvalue weighted by Gasteiger charge is 2.09. The highest BCUT2D eigenvalue weighted by atomic mass is 15.3. The Morgan fingerprint density at radius 2 is 1.84 bits per heavy atom. The standard InChI is InChI=1S/C14H13N5/c1-15-14-13(16-7-8-17-14)11-9-18-19(10-11)12-5-3-2-4-6-12/h2-10H,1H3,(H,15,17). The van der Waals surface area contributed by atoms with E-state index in [9.17, 15) is 0 Å². The molecular weight excluding hydrogens is 238 g/mol. The predicted molar refractivity (Wildman–Crippen MR) is 74.1 cm³/mol. The summed E-state index contributed by atoms with van der Waals surface area (Å²) >= 11 is 0. The summed E-state index contributed by atoms with van der Waals surface area (Å²) in [5.74, 6) is 0.745. The average molecular weight is 251 g/mol. The molecule has 5 heteroatoms. The van der Waals surface area contributed by atoms with Gasteiger partial charge >= 0.3 is 0 Å². The van der Waals surface area contributed by atoms with Gasteiger partial charge in [0.2, 0.25) is 0 Å². The number of para-hydroxylation sites is 1. The van der Waals surface area contributed by atoms with Crippen LogP contribution in [0.1, 0.15) is 0 Å². The SMILES string of the molecule is CNc1nccnc1-c1cnn(-c2ccccc2)c1. The molecule has 3 aromatic rings. The minimum atomic E-state index is 0.745. The van der Waals surface area contributed by atoms with Crippen LogP contribution in [0.25, 0.3) is 16.9 Å². The lowest BCUT2D eigenvalue weighted by molar-refractivity contribution is 0.880. The molecule has 0 bridgehead atoms. The number of hydrogen-bond acceptors (Lipinski definition) is 4. The maximum absolute atomic E-state index is 4.36. The van der Waals surface area contributed by atoms with Crippen molar-refractivity contribution in [2.24, 2.45) is 0 Å². The normalized spacial score (nSPS) is 10.4. The molecule has 0 aliphatic rings. The van der Waals surface area contributed by atoms with Crippen LogP contribution in [0.5, 0.6) is 0 Å². The molecule has 0 unspecified atom stereocenters. The fraction of sp³-hybridized carbons (Fsp3) is 0.0714. The number of nitrogens with zero attached hydrogens (tertiary/aromatic N) is 4. The molecule has 3 rings (SSSR count). The second-order valence-corrected chi connectivity index (χ2v) is 4.01. The molecule has 0 atom stereocenters. The maximum Gasteiger partial charge on any atom is 0.152 e. The van der Waals surface area contributed by atoms with Gasteiger partial charge in [-0.2, -0.15) is 5.10 Å². The van der Waals surface area contributed by atoms with Gasteiger partial charge in [0.05, 0.1) is 11.9 Å². The van der Waals surface area contributed by atoms with Gasteiger partial charge in [0, 0.05) is 31.2 Å². The van der Waals surface area contributed by atoms with Crippen LogP contribution < -0.4 is 5.32 Å². The van der Waals surface area contributed by atoms with E-state index in [0.29, 0.717) is 0 Å². The summed E-state index contributed by atoms with van der Waals surface area (Å²) in [5.41, 5.74) is 2.75. The third-order valence-corrected chi connectivity index (χ3v) is 2.81. The van der Waals surface area contributed by atoms with E-state index in [-0.39, 0.29) is 0 Å². The average Bonchev–Trinajstić information content (AvgIpc) is 2.98. The monoisotopic (exact) mass is 251 g/mol. The van der Waals surface area contributed by atoms with Crippen LogP contribution in [-0.2, 0) is 0 Å². The fourth-order valence-electron chi connectivity index (χ4n) is 1.90. The molecule has 5 nitrogen and oxygen atoms in total. The number of rotatable bonds is 3. The topological polar surface area (TPSA) is 55.6 Å². The van der Waals surface area contributed by atoms with E-state index < -0.39 is 0 Å². The predicted octanol–water partition coefficient (Wildman–Crippen LogP) is 2.37. The van der Waals surface area contributed by atoms with Crippen molar-refractivity contribution in [2.45, 2.75) is 0 Å². The second kappa shape index (κ2) is 4.89. The minimum Gasteiger partial charge on any atom is -0.371 e. The van der Waals surface area contributed by atoms with Crippen molar-refractivity contribution in [3.05, 3.63) is 55.1 Å². The first-order valence-corrected chi connectivity index (χ1v) is 5.97. The Hall–Kier alpha value is -2.69. The van der Waals surface area contributed by atoms with E-state index in [1.54, 1.807) is 18.6 Å². The van der Waals surface area contributed by atoms with Crippen LogP contribution in [0.2, 0.25) is 0 Å². The number of hydrogen-bond donors (Lipinski definition) is 1. The van der Waals surface area contributed by atoms with E-state index in [0.717, 1.165) is 22.8 Å². The molecule has 0 amide bonds. The van der Waals surface area contributed by atoms with Crippen LogP contribution in [0.15, 0.2) is 55.1 Å². The molecule has 0 saturated heterocycles. The van der Waals surface area contributed by atoms with E-state index in [4.69, 9.17) is 0 Å². The van der Waals surface area contributed by atoms with Gasteiger partial charge in [-0.1, -0.05) is 18.2 Å². The van der Waals surface area contributed by atoms with E-state index in [2.05, 4.69) is 20.4 Å². The molecule has 2 heterocycles. The van der Waals surface area contributed by atoms with Gasteiger partial charge < -0.3 is 5.32 Å². The molecule has 0 radical (unpaired) electrons. The van der Waals surface area contributed by atoms with Crippen molar-refractivity contribution in [3.63, 3.8) is 0 Å². The largest absolute Gasteiger partial charge is 0.371 e. The van der Waals surface area contributed by atoms with Gasteiger partial charge in [0.15, 0.2) is 5.82 Å². The number of aromatic nitrogens is 4. The fourth-order valence-corrected chi connectivity index (χ4v) is 1.90. The molecule has 1 aromatic carbocycles. The molecular formula is C14H13N5. The zero-order chi connectivity index (χ0) is 13.1. The van der Waals surface area contributed by atoms with Crippen molar-refractivity contribution in [1.29, 1.82) is 0 Å². The lowest BCUT2D eigenvalue weighted by Crippen LogP contribution is -1.96. The summed E-state index contributed by atoms with van der Waals surface area (Å²) < 4.78 is 1.82. The highest BCUT2D eigenvalue weighted by molar-refractivity contribution is 5.70. The maximum atomic E-state index is 4.36. The lowest BCUT2D eigenvalue weighted by atomic mass is 10.2. The molecule has 2 aromatic heterocycles. The molecule has 0 aliphatic heterocycles. The van der Waals surface area contributed by atoms with Crippen molar-refractivity contribution >= 4 is 5.82 Å². The summed E-state index contributed by atoms with van der Waals surface area (Å²) in [4.78, 5) is 8.59. The van der Waals surface area contributed by atoms with Crippen LogP contribution in [-0.4, -0.2) is 26.8 Å². The van der Waals surface area contributed by atoms with Crippen molar-refractivity contribution < 1.29 is 0 Å². The van der Waals surface area contributed by atoms with Crippen molar-refractivity contribution in [1.82, 2.24) is 19.7 Å². The van der Waals surface area contributed by atoms with E-state index in [1.165, 1.54) is 0 Å². The van der Waals surface area contributed by atoms with Crippen molar-refractivity contribution in [2.75, 3.05) is 12.4 Å². The molecule has 0 fully saturated rings. The molecule has 1 N–H and O–H groups in total. The van der Waals surface area contributed by atoms with Gasteiger partial charge in [0.1, 0.15) is 5.69 Å². The first-order chi connectivity index (χ1) is 9.38. The zero-order valence-electron chi connectivity index (χ0n) is 10.5. The first kappa shape index (κ1) is 11.4. The highest BCUT2D eigenvalue weighted by Crippen LogP contribution is 2.23. The Morgan fingerprint density at radius 3 is 2.63 bits per heavy atom. The number of nitrogens with one attached hydrogen (secondary N) is 1. The van der Waals surface area contributed by atoms with Gasteiger partial charge in [-0.05, 0) is 12.1 Å². The van der Waals surface area contributed by atoms with Gasteiger partial charge in [0.25, 0.3) is 0 Å². The van der Waals surface area contributed by atoms with Gasteiger partial charge in [-0.3, -0.25) is 4.98 Å². The Kier molecular flexibility index (Phi) is 2.94. The molecule has 19 heavy (non-hydrogen) atoms. The van der Waals surface area contributed by atoms with Crippen LogP contribution >= 0.6 is 0 Å². The van der Waals surface area contributed by atoms with Gasteiger partial charge in [-0.25, -0.2) is 9.67 Å². The number of anilines is 1. The quantitative estimate of drug-likeness (QED) is 0.776. The third-order valence-electron chi connectivity index (χ3n) is 2.81. The Labute approximate surface area is 111 Å². The number of benzene rings is 1. The lowest BCUT2D eigenvalue weighted by Gasteiger charge is -2.03. The summed E-state index contributed by atoms with van der Waals surface area (Å²) in [6.07, 6.45) is 7.07. The van der Waals surface area contributed by atoms with E-state index in [1.807, 2.05) is 48.3 Å². The van der Waals surface area contributed by atoms with Gasteiger partial charge in [-0.15, -0.1) is 0 Å². The molecule has 0 saturated carbocycles.